The molecule has 3 nitrogen and oxygen atoms in total. The van der Waals surface area contributed by atoms with Gasteiger partial charge in [-0.2, -0.15) is 0 Å². The predicted octanol–water partition coefficient (Wildman–Crippen LogP) is 3.96. The molecule has 4 heteroatoms. The van der Waals surface area contributed by atoms with Crippen molar-refractivity contribution in [1.29, 1.82) is 0 Å². The van der Waals surface area contributed by atoms with Gasteiger partial charge in [-0.15, -0.1) is 0 Å². The van der Waals surface area contributed by atoms with E-state index in [4.69, 9.17) is 0 Å². The van der Waals surface area contributed by atoms with Gasteiger partial charge in [0.1, 0.15) is 4.60 Å². The predicted molar refractivity (Wildman–Crippen MR) is 86.9 cm³/mol. The summed E-state index contributed by atoms with van der Waals surface area (Å²) in [5.41, 5.74) is 1.15. The number of pyridine rings is 1. The summed E-state index contributed by atoms with van der Waals surface area (Å²) < 4.78 is 0.900. The topological polar surface area (TPSA) is 37.0 Å². The molecule has 0 aromatic carbocycles. The standard InChI is InChI=1S/C16H24BrN3/c17-16-9-8-12(11-19-16)20-15-7-2-1-5-13(15)14-6-3-4-10-18-14/h8-9,11,13-15,18,20H,1-7,10H2. The molecule has 1 aliphatic heterocycles. The third kappa shape index (κ3) is 3.53. The Balaban J connectivity index is 1.66. The van der Waals surface area contributed by atoms with Crippen LogP contribution in [-0.2, 0) is 0 Å². The Morgan fingerprint density at radius 2 is 1.95 bits per heavy atom. The highest BCUT2D eigenvalue weighted by atomic mass is 79.9. The van der Waals surface area contributed by atoms with Gasteiger partial charge in [0.25, 0.3) is 0 Å². The van der Waals surface area contributed by atoms with E-state index in [1.165, 1.54) is 51.5 Å². The second-order valence-electron chi connectivity index (χ2n) is 6.13. The SMILES string of the molecule is Brc1ccc(NC2CCCCC2C2CCCCN2)cn1. The highest BCUT2D eigenvalue weighted by molar-refractivity contribution is 9.10. The molecular formula is C16H24BrN3. The highest BCUT2D eigenvalue weighted by Gasteiger charge is 2.32. The fourth-order valence-electron chi connectivity index (χ4n) is 3.74. The third-order valence-electron chi connectivity index (χ3n) is 4.76. The van der Waals surface area contributed by atoms with Crippen LogP contribution in [0.1, 0.15) is 44.9 Å². The number of piperidine rings is 1. The zero-order valence-corrected chi connectivity index (χ0v) is 13.5. The minimum absolute atomic E-state index is 0.599. The average Bonchev–Trinajstić information content (AvgIpc) is 2.51. The van der Waals surface area contributed by atoms with E-state index in [0.29, 0.717) is 12.1 Å². The van der Waals surface area contributed by atoms with Gasteiger partial charge in [-0.3, -0.25) is 0 Å². The van der Waals surface area contributed by atoms with Crippen molar-refractivity contribution in [2.75, 3.05) is 11.9 Å². The second kappa shape index (κ2) is 6.90. The first-order valence-electron chi connectivity index (χ1n) is 7.94. The number of hydrogen-bond acceptors (Lipinski definition) is 3. The zero-order chi connectivity index (χ0) is 13.8. The van der Waals surface area contributed by atoms with Crippen molar-refractivity contribution in [3.63, 3.8) is 0 Å². The first kappa shape index (κ1) is 14.3. The van der Waals surface area contributed by atoms with E-state index in [1.54, 1.807) is 0 Å². The lowest BCUT2D eigenvalue weighted by molar-refractivity contribution is 0.217. The molecule has 2 fully saturated rings. The molecule has 0 radical (unpaired) electrons. The number of rotatable bonds is 3. The van der Waals surface area contributed by atoms with Crippen LogP contribution >= 0.6 is 15.9 Å². The quantitative estimate of drug-likeness (QED) is 0.819. The molecule has 2 aliphatic rings. The van der Waals surface area contributed by atoms with Crippen molar-refractivity contribution in [2.45, 2.75) is 57.0 Å². The lowest BCUT2D eigenvalue weighted by Crippen LogP contribution is -2.48. The molecule has 2 N–H and O–H groups in total. The molecule has 0 spiro atoms. The average molecular weight is 338 g/mol. The van der Waals surface area contributed by atoms with Crippen LogP contribution in [-0.4, -0.2) is 23.6 Å². The summed E-state index contributed by atoms with van der Waals surface area (Å²) in [6.45, 7) is 1.20. The van der Waals surface area contributed by atoms with Crippen LogP contribution < -0.4 is 10.6 Å². The number of nitrogens with one attached hydrogen (secondary N) is 2. The molecule has 3 unspecified atom stereocenters. The van der Waals surface area contributed by atoms with E-state index in [9.17, 15) is 0 Å². The van der Waals surface area contributed by atoms with Crippen LogP contribution in [0.3, 0.4) is 0 Å². The van der Waals surface area contributed by atoms with E-state index in [0.717, 1.165) is 16.2 Å². The summed E-state index contributed by atoms with van der Waals surface area (Å²) in [7, 11) is 0. The number of anilines is 1. The Bertz CT molecular complexity index is 414. The fraction of sp³-hybridized carbons (Fsp3) is 0.688. The van der Waals surface area contributed by atoms with Crippen LogP contribution in [0, 0.1) is 5.92 Å². The van der Waals surface area contributed by atoms with Gasteiger partial charge >= 0.3 is 0 Å². The van der Waals surface area contributed by atoms with Crippen LogP contribution in [0.4, 0.5) is 5.69 Å². The smallest absolute Gasteiger partial charge is 0.106 e. The lowest BCUT2D eigenvalue weighted by Gasteiger charge is -2.40. The van der Waals surface area contributed by atoms with Gasteiger partial charge in [0.2, 0.25) is 0 Å². The van der Waals surface area contributed by atoms with Gasteiger partial charge in [0.05, 0.1) is 11.9 Å². The molecule has 3 rings (SSSR count). The summed E-state index contributed by atoms with van der Waals surface area (Å²) in [5, 5.41) is 7.48. The minimum Gasteiger partial charge on any atom is -0.381 e. The van der Waals surface area contributed by atoms with Crippen molar-refractivity contribution in [2.24, 2.45) is 5.92 Å². The molecule has 1 aromatic rings. The van der Waals surface area contributed by atoms with E-state index < -0.39 is 0 Å². The second-order valence-corrected chi connectivity index (χ2v) is 6.94. The minimum atomic E-state index is 0.599. The Hall–Kier alpha value is -0.610. The zero-order valence-electron chi connectivity index (χ0n) is 11.9. The molecule has 0 amide bonds. The number of halogens is 1. The molecule has 20 heavy (non-hydrogen) atoms. The normalized spacial score (nSPS) is 30.9. The molecule has 1 aliphatic carbocycles. The first-order valence-corrected chi connectivity index (χ1v) is 8.74. The fourth-order valence-corrected chi connectivity index (χ4v) is 3.97. The van der Waals surface area contributed by atoms with Crippen molar-refractivity contribution < 1.29 is 0 Å². The maximum absolute atomic E-state index is 4.32. The van der Waals surface area contributed by atoms with Gasteiger partial charge in [-0.25, -0.2) is 4.98 Å². The molecule has 0 bridgehead atoms. The van der Waals surface area contributed by atoms with Crippen molar-refractivity contribution in [3.05, 3.63) is 22.9 Å². The maximum Gasteiger partial charge on any atom is 0.106 e. The van der Waals surface area contributed by atoms with E-state index in [2.05, 4.69) is 37.6 Å². The van der Waals surface area contributed by atoms with Crippen LogP contribution in [0.25, 0.3) is 0 Å². The van der Waals surface area contributed by atoms with Gasteiger partial charge in [0, 0.05) is 12.1 Å². The van der Waals surface area contributed by atoms with E-state index in [-0.39, 0.29) is 0 Å². The van der Waals surface area contributed by atoms with Crippen LogP contribution in [0.5, 0.6) is 0 Å². The molecule has 3 atom stereocenters. The molecular weight excluding hydrogens is 314 g/mol. The molecule has 1 aromatic heterocycles. The lowest BCUT2D eigenvalue weighted by atomic mass is 9.77. The largest absolute Gasteiger partial charge is 0.381 e. The molecule has 2 heterocycles. The van der Waals surface area contributed by atoms with Gasteiger partial charge in [-0.05, 0) is 66.2 Å². The molecule has 1 saturated carbocycles. The summed E-state index contributed by atoms with van der Waals surface area (Å²) in [6, 6.07) is 5.45. The maximum atomic E-state index is 4.32. The number of aromatic nitrogens is 1. The Morgan fingerprint density at radius 3 is 2.70 bits per heavy atom. The van der Waals surface area contributed by atoms with Crippen molar-refractivity contribution in [1.82, 2.24) is 10.3 Å². The van der Waals surface area contributed by atoms with Crippen molar-refractivity contribution >= 4 is 21.6 Å². The monoisotopic (exact) mass is 337 g/mol. The molecule has 1 saturated heterocycles. The van der Waals surface area contributed by atoms with Crippen LogP contribution in [0.2, 0.25) is 0 Å². The Labute approximate surface area is 130 Å². The van der Waals surface area contributed by atoms with Crippen molar-refractivity contribution in [3.8, 4) is 0 Å². The summed E-state index contributed by atoms with van der Waals surface area (Å²) in [6.07, 6.45) is 11.4. The summed E-state index contributed by atoms with van der Waals surface area (Å²) in [5.74, 6) is 0.771. The van der Waals surface area contributed by atoms with Crippen LogP contribution in [0.15, 0.2) is 22.9 Å². The number of hydrogen-bond donors (Lipinski definition) is 2. The summed E-state index contributed by atoms with van der Waals surface area (Å²) in [4.78, 5) is 4.32. The summed E-state index contributed by atoms with van der Waals surface area (Å²) >= 11 is 3.40. The van der Waals surface area contributed by atoms with Gasteiger partial charge in [-0.1, -0.05) is 19.3 Å². The third-order valence-corrected chi connectivity index (χ3v) is 5.23. The molecule has 110 valence electrons. The Kier molecular flexibility index (Phi) is 4.94. The highest BCUT2D eigenvalue weighted by Crippen LogP contribution is 2.32. The van der Waals surface area contributed by atoms with Gasteiger partial charge in [0.15, 0.2) is 0 Å². The number of nitrogens with zero attached hydrogens (tertiary/aromatic N) is 1. The van der Waals surface area contributed by atoms with E-state index in [1.807, 2.05) is 12.3 Å². The van der Waals surface area contributed by atoms with E-state index >= 15 is 0 Å². The first-order chi connectivity index (χ1) is 9.83. The van der Waals surface area contributed by atoms with Gasteiger partial charge < -0.3 is 10.6 Å². The Morgan fingerprint density at radius 1 is 1.10 bits per heavy atom.